The van der Waals surface area contributed by atoms with E-state index in [4.69, 9.17) is 5.73 Å². The van der Waals surface area contributed by atoms with Gasteiger partial charge in [0, 0.05) is 12.6 Å². The van der Waals surface area contributed by atoms with E-state index in [1.807, 2.05) is 0 Å². The van der Waals surface area contributed by atoms with Crippen LogP contribution in [0, 0.1) is 5.92 Å². The molecule has 1 aliphatic heterocycles. The Kier molecular flexibility index (Phi) is 5.21. The van der Waals surface area contributed by atoms with Crippen LogP contribution in [-0.4, -0.2) is 24.5 Å². The quantitative estimate of drug-likeness (QED) is 0.864. The zero-order valence-corrected chi connectivity index (χ0v) is 11.5. The first-order valence-corrected chi connectivity index (χ1v) is 7.34. The van der Waals surface area contributed by atoms with Crippen molar-refractivity contribution in [2.24, 2.45) is 11.7 Å². The second kappa shape index (κ2) is 6.91. The van der Waals surface area contributed by atoms with Crippen LogP contribution in [0.4, 0.5) is 0 Å². The topological polar surface area (TPSA) is 29.3 Å². The Balaban J connectivity index is 2.03. The van der Waals surface area contributed by atoms with Crippen LogP contribution in [-0.2, 0) is 0 Å². The third-order valence-electron chi connectivity index (χ3n) is 4.14. The highest BCUT2D eigenvalue weighted by molar-refractivity contribution is 5.19. The van der Waals surface area contributed by atoms with Crippen molar-refractivity contribution in [2.75, 3.05) is 19.6 Å². The number of nitrogens with zero attached hydrogens (tertiary/aromatic N) is 1. The van der Waals surface area contributed by atoms with Gasteiger partial charge >= 0.3 is 0 Å². The molecule has 2 N–H and O–H groups in total. The van der Waals surface area contributed by atoms with Crippen molar-refractivity contribution < 1.29 is 0 Å². The van der Waals surface area contributed by atoms with E-state index in [1.54, 1.807) is 0 Å². The summed E-state index contributed by atoms with van der Waals surface area (Å²) in [5, 5.41) is 0. The lowest BCUT2D eigenvalue weighted by molar-refractivity contribution is 0.117. The molecule has 0 aliphatic carbocycles. The Morgan fingerprint density at radius 2 is 2.11 bits per heavy atom. The van der Waals surface area contributed by atoms with Crippen LogP contribution < -0.4 is 5.73 Å². The first kappa shape index (κ1) is 13.6. The highest BCUT2D eigenvalue weighted by atomic mass is 15.2. The van der Waals surface area contributed by atoms with Crippen LogP contribution >= 0.6 is 0 Å². The predicted octanol–water partition coefficient (Wildman–Crippen LogP) is 3.20. The zero-order chi connectivity index (χ0) is 12.8. The van der Waals surface area contributed by atoms with Gasteiger partial charge in [-0.2, -0.15) is 0 Å². The van der Waals surface area contributed by atoms with Crippen molar-refractivity contribution in [3.63, 3.8) is 0 Å². The van der Waals surface area contributed by atoms with Gasteiger partial charge in [-0.05, 0) is 50.3 Å². The van der Waals surface area contributed by atoms with E-state index >= 15 is 0 Å². The number of hydrogen-bond acceptors (Lipinski definition) is 2. The van der Waals surface area contributed by atoms with Gasteiger partial charge in [0.15, 0.2) is 0 Å². The smallest absolute Gasteiger partial charge is 0.0345 e. The molecule has 1 heterocycles. The van der Waals surface area contributed by atoms with Crippen LogP contribution in [0.15, 0.2) is 30.3 Å². The van der Waals surface area contributed by atoms with Crippen LogP contribution in [0.3, 0.4) is 0 Å². The van der Waals surface area contributed by atoms with E-state index in [2.05, 4.69) is 42.2 Å². The summed E-state index contributed by atoms with van der Waals surface area (Å²) in [4.78, 5) is 2.67. The third-order valence-corrected chi connectivity index (χ3v) is 4.14. The lowest BCUT2D eigenvalue weighted by Crippen LogP contribution is -2.38. The molecule has 1 fully saturated rings. The van der Waals surface area contributed by atoms with E-state index in [-0.39, 0.29) is 0 Å². The lowest BCUT2D eigenvalue weighted by atomic mass is 9.92. The van der Waals surface area contributed by atoms with E-state index in [9.17, 15) is 0 Å². The Bertz CT molecular complexity index is 334. The summed E-state index contributed by atoms with van der Waals surface area (Å²) in [7, 11) is 0. The Morgan fingerprint density at radius 1 is 1.33 bits per heavy atom. The number of likely N-dealkylation sites (tertiary alicyclic amines) is 1. The van der Waals surface area contributed by atoms with Crippen LogP contribution in [0.25, 0.3) is 0 Å². The van der Waals surface area contributed by atoms with Gasteiger partial charge in [-0.15, -0.1) is 0 Å². The van der Waals surface area contributed by atoms with Crippen LogP contribution in [0.1, 0.15) is 44.2 Å². The fourth-order valence-electron chi connectivity index (χ4n) is 3.23. The SMILES string of the molecule is CCC(c1ccccc1)N1CCCC(CCN)C1. The molecule has 2 atom stereocenters. The van der Waals surface area contributed by atoms with Crippen LogP contribution in [0.2, 0.25) is 0 Å². The lowest BCUT2D eigenvalue weighted by Gasteiger charge is -2.38. The fourth-order valence-corrected chi connectivity index (χ4v) is 3.23. The predicted molar refractivity (Wildman–Crippen MR) is 77.4 cm³/mol. The Labute approximate surface area is 111 Å². The van der Waals surface area contributed by atoms with Crippen molar-refractivity contribution in [1.29, 1.82) is 0 Å². The van der Waals surface area contributed by atoms with Crippen molar-refractivity contribution in [3.8, 4) is 0 Å². The molecule has 1 saturated heterocycles. The Morgan fingerprint density at radius 3 is 2.78 bits per heavy atom. The molecule has 0 bridgehead atoms. The van der Waals surface area contributed by atoms with E-state index in [1.165, 1.54) is 44.3 Å². The van der Waals surface area contributed by atoms with Crippen molar-refractivity contribution in [1.82, 2.24) is 4.90 Å². The molecule has 100 valence electrons. The Hall–Kier alpha value is -0.860. The molecule has 2 heteroatoms. The first-order valence-electron chi connectivity index (χ1n) is 7.34. The summed E-state index contributed by atoms with van der Waals surface area (Å²) in [6, 6.07) is 11.5. The summed E-state index contributed by atoms with van der Waals surface area (Å²) >= 11 is 0. The van der Waals surface area contributed by atoms with Crippen molar-refractivity contribution >= 4 is 0 Å². The minimum atomic E-state index is 0.590. The fraction of sp³-hybridized carbons (Fsp3) is 0.625. The molecule has 2 rings (SSSR count). The van der Waals surface area contributed by atoms with Gasteiger partial charge in [0.1, 0.15) is 0 Å². The molecule has 1 aromatic carbocycles. The van der Waals surface area contributed by atoms with E-state index < -0.39 is 0 Å². The average Bonchev–Trinajstić information content (AvgIpc) is 2.42. The summed E-state index contributed by atoms with van der Waals surface area (Å²) < 4.78 is 0. The summed E-state index contributed by atoms with van der Waals surface area (Å²) in [5.41, 5.74) is 7.17. The number of benzene rings is 1. The monoisotopic (exact) mass is 246 g/mol. The van der Waals surface area contributed by atoms with E-state index in [0.717, 1.165) is 12.5 Å². The molecule has 0 spiro atoms. The summed E-state index contributed by atoms with van der Waals surface area (Å²) in [5.74, 6) is 0.807. The summed E-state index contributed by atoms with van der Waals surface area (Å²) in [6.45, 7) is 5.60. The maximum absolute atomic E-state index is 5.71. The molecular formula is C16H26N2. The van der Waals surface area contributed by atoms with Crippen molar-refractivity contribution in [3.05, 3.63) is 35.9 Å². The van der Waals surface area contributed by atoms with Gasteiger partial charge in [0.2, 0.25) is 0 Å². The molecule has 0 aromatic heterocycles. The molecule has 1 aromatic rings. The second-order valence-electron chi connectivity index (χ2n) is 5.42. The highest BCUT2D eigenvalue weighted by Gasteiger charge is 2.25. The van der Waals surface area contributed by atoms with Gasteiger partial charge in [0.05, 0.1) is 0 Å². The van der Waals surface area contributed by atoms with Crippen LogP contribution in [0.5, 0.6) is 0 Å². The molecule has 2 unspecified atom stereocenters. The largest absolute Gasteiger partial charge is 0.330 e. The van der Waals surface area contributed by atoms with Gasteiger partial charge in [-0.25, -0.2) is 0 Å². The molecule has 0 saturated carbocycles. The minimum absolute atomic E-state index is 0.590. The number of nitrogens with two attached hydrogens (primary N) is 1. The number of hydrogen-bond donors (Lipinski definition) is 1. The zero-order valence-electron chi connectivity index (χ0n) is 11.5. The standard InChI is InChI=1S/C16H26N2/c1-2-16(15-8-4-3-5-9-15)18-12-6-7-14(13-18)10-11-17/h3-5,8-9,14,16H,2,6-7,10-13,17H2,1H3. The molecule has 0 radical (unpaired) electrons. The maximum atomic E-state index is 5.71. The van der Waals surface area contributed by atoms with E-state index in [0.29, 0.717) is 6.04 Å². The number of piperidine rings is 1. The average molecular weight is 246 g/mol. The molecular weight excluding hydrogens is 220 g/mol. The maximum Gasteiger partial charge on any atom is 0.0345 e. The third kappa shape index (κ3) is 3.33. The highest BCUT2D eigenvalue weighted by Crippen LogP contribution is 2.29. The van der Waals surface area contributed by atoms with Gasteiger partial charge in [-0.3, -0.25) is 4.90 Å². The van der Waals surface area contributed by atoms with Gasteiger partial charge < -0.3 is 5.73 Å². The first-order chi connectivity index (χ1) is 8.85. The molecule has 0 amide bonds. The normalized spacial score (nSPS) is 22.9. The molecule has 18 heavy (non-hydrogen) atoms. The van der Waals surface area contributed by atoms with Gasteiger partial charge in [0.25, 0.3) is 0 Å². The van der Waals surface area contributed by atoms with Crippen molar-refractivity contribution in [2.45, 2.75) is 38.6 Å². The minimum Gasteiger partial charge on any atom is -0.330 e. The van der Waals surface area contributed by atoms with Gasteiger partial charge in [-0.1, -0.05) is 37.3 Å². The summed E-state index contributed by atoms with van der Waals surface area (Å²) in [6.07, 6.45) is 5.06. The molecule has 1 aliphatic rings. The number of rotatable bonds is 5. The molecule has 2 nitrogen and oxygen atoms in total. The second-order valence-corrected chi connectivity index (χ2v) is 5.42.